The molecule has 66 valence electrons. The van der Waals surface area contributed by atoms with Gasteiger partial charge in [0.25, 0.3) is 0 Å². The molecule has 3 heteroatoms. The summed E-state index contributed by atoms with van der Waals surface area (Å²) >= 11 is 0. The summed E-state index contributed by atoms with van der Waals surface area (Å²) in [6, 6.07) is 0. The van der Waals surface area contributed by atoms with Crippen molar-refractivity contribution in [3.63, 3.8) is 0 Å². The molecule has 1 aromatic heterocycles. The van der Waals surface area contributed by atoms with E-state index in [0.717, 1.165) is 18.7 Å². The van der Waals surface area contributed by atoms with Crippen LogP contribution in [0.2, 0.25) is 0 Å². The van der Waals surface area contributed by atoms with Gasteiger partial charge in [-0.1, -0.05) is 19.4 Å². The monoisotopic (exact) mass is 165 g/mol. The van der Waals surface area contributed by atoms with Crippen molar-refractivity contribution >= 4 is 6.20 Å². The van der Waals surface area contributed by atoms with Crippen LogP contribution in [0, 0.1) is 0 Å². The van der Waals surface area contributed by atoms with Gasteiger partial charge < -0.3 is 0 Å². The number of aryl methyl sites for hydroxylation is 1. The Kier molecular flexibility index (Phi) is 3.02. The maximum Gasteiger partial charge on any atom is 0.138 e. The average Bonchev–Trinajstić information content (AvgIpc) is 2.54. The third-order valence-electron chi connectivity index (χ3n) is 1.73. The first-order valence-corrected chi connectivity index (χ1v) is 4.42. The zero-order valence-corrected chi connectivity index (χ0v) is 7.91. The van der Waals surface area contributed by atoms with Gasteiger partial charge in [-0.25, -0.2) is 9.67 Å². The highest BCUT2D eigenvalue weighted by atomic mass is 15.3. The molecule has 0 N–H and O–H groups in total. The van der Waals surface area contributed by atoms with Crippen molar-refractivity contribution in [1.82, 2.24) is 14.8 Å². The number of rotatable bonds is 0. The van der Waals surface area contributed by atoms with Crippen LogP contribution in [0.25, 0.3) is 6.20 Å². The van der Waals surface area contributed by atoms with Crippen LogP contribution in [0.3, 0.4) is 0 Å². The van der Waals surface area contributed by atoms with Gasteiger partial charge in [0.05, 0.1) is 0 Å². The Morgan fingerprint density at radius 2 is 2.08 bits per heavy atom. The Labute approximate surface area is 73.1 Å². The summed E-state index contributed by atoms with van der Waals surface area (Å²) in [7, 11) is 0. The molecule has 1 aliphatic rings. The first-order valence-electron chi connectivity index (χ1n) is 4.42. The number of allylic oxidation sites excluding steroid dienone is 1. The fourth-order valence-corrected chi connectivity index (χ4v) is 1.14. The van der Waals surface area contributed by atoms with Crippen molar-refractivity contribution in [1.29, 1.82) is 0 Å². The SMILES string of the molecule is CC.CC1=Cn2ncnc2CC1. The topological polar surface area (TPSA) is 30.7 Å². The normalized spacial score (nSPS) is 14.1. The number of hydrogen-bond acceptors (Lipinski definition) is 2. The molecule has 0 amide bonds. The molecule has 0 aromatic carbocycles. The maximum absolute atomic E-state index is 4.10. The van der Waals surface area contributed by atoms with E-state index in [1.165, 1.54) is 5.57 Å². The van der Waals surface area contributed by atoms with Crippen molar-refractivity contribution in [2.45, 2.75) is 33.6 Å². The van der Waals surface area contributed by atoms with E-state index in [2.05, 4.69) is 17.0 Å². The van der Waals surface area contributed by atoms with E-state index in [1.807, 2.05) is 24.7 Å². The molecular weight excluding hydrogens is 150 g/mol. The van der Waals surface area contributed by atoms with Crippen LogP contribution in [0.15, 0.2) is 11.9 Å². The Hall–Kier alpha value is -1.12. The summed E-state index contributed by atoms with van der Waals surface area (Å²) in [5, 5.41) is 4.04. The molecular formula is C9H15N3. The summed E-state index contributed by atoms with van der Waals surface area (Å²) < 4.78 is 1.85. The highest BCUT2D eigenvalue weighted by Gasteiger charge is 2.07. The first kappa shape index (κ1) is 8.97. The molecule has 0 unspecified atom stereocenters. The standard InChI is InChI=1S/C7H9N3.C2H6/c1-6-2-3-7-8-5-9-10(7)4-6;1-2/h4-5H,2-3H2,1H3;1-2H3. The third kappa shape index (κ3) is 1.72. The lowest BCUT2D eigenvalue weighted by Gasteiger charge is -2.08. The van der Waals surface area contributed by atoms with E-state index in [-0.39, 0.29) is 0 Å². The van der Waals surface area contributed by atoms with E-state index in [0.29, 0.717) is 0 Å². The number of aromatic nitrogens is 3. The second kappa shape index (κ2) is 4.04. The van der Waals surface area contributed by atoms with Crippen LogP contribution in [0.1, 0.15) is 33.0 Å². The molecule has 1 aromatic rings. The van der Waals surface area contributed by atoms with Crippen LogP contribution in [-0.2, 0) is 6.42 Å². The minimum atomic E-state index is 1.03. The van der Waals surface area contributed by atoms with E-state index >= 15 is 0 Å². The summed E-state index contributed by atoms with van der Waals surface area (Å²) in [5.74, 6) is 1.07. The van der Waals surface area contributed by atoms with Crippen LogP contribution in [-0.4, -0.2) is 14.8 Å². The lowest BCUT2D eigenvalue weighted by molar-refractivity contribution is 0.757. The molecule has 0 bridgehead atoms. The van der Waals surface area contributed by atoms with Gasteiger partial charge in [0.1, 0.15) is 12.2 Å². The summed E-state index contributed by atoms with van der Waals surface area (Å²) in [5.41, 5.74) is 1.37. The first-order chi connectivity index (χ1) is 5.86. The Balaban J connectivity index is 0.000000336. The van der Waals surface area contributed by atoms with Gasteiger partial charge in [0.15, 0.2) is 0 Å². The van der Waals surface area contributed by atoms with Gasteiger partial charge in [-0.15, -0.1) is 0 Å². The molecule has 0 atom stereocenters. The number of nitrogens with zero attached hydrogens (tertiary/aromatic N) is 3. The van der Waals surface area contributed by atoms with Crippen LogP contribution in [0.4, 0.5) is 0 Å². The minimum absolute atomic E-state index is 1.03. The van der Waals surface area contributed by atoms with Crippen LogP contribution >= 0.6 is 0 Å². The summed E-state index contributed by atoms with van der Waals surface area (Å²) in [4.78, 5) is 4.10. The fourth-order valence-electron chi connectivity index (χ4n) is 1.14. The molecule has 0 radical (unpaired) electrons. The summed E-state index contributed by atoms with van der Waals surface area (Å²) in [6.07, 6.45) is 5.79. The molecule has 2 heterocycles. The lowest BCUT2D eigenvalue weighted by Crippen LogP contribution is -2.04. The van der Waals surface area contributed by atoms with Crippen molar-refractivity contribution in [3.8, 4) is 0 Å². The Morgan fingerprint density at radius 1 is 1.33 bits per heavy atom. The predicted octanol–water partition coefficient (Wildman–Crippen LogP) is 2.11. The maximum atomic E-state index is 4.10. The smallest absolute Gasteiger partial charge is 0.138 e. The van der Waals surface area contributed by atoms with Gasteiger partial charge in [-0.3, -0.25) is 0 Å². The molecule has 0 spiro atoms. The molecule has 0 saturated heterocycles. The fraction of sp³-hybridized carbons (Fsp3) is 0.556. The highest BCUT2D eigenvalue weighted by molar-refractivity contribution is 5.32. The molecule has 12 heavy (non-hydrogen) atoms. The predicted molar refractivity (Wildman–Crippen MR) is 49.6 cm³/mol. The minimum Gasteiger partial charge on any atom is -0.225 e. The second-order valence-corrected chi connectivity index (χ2v) is 2.60. The largest absolute Gasteiger partial charge is 0.225 e. The molecule has 1 aliphatic heterocycles. The molecule has 0 fully saturated rings. The van der Waals surface area contributed by atoms with Gasteiger partial charge in [0.2, 0.25) is 0 Å². The highest BCUT2D eigenvalue weighted by Crippen LogP contribution is 2.13. The second-order valence-electron chi connectivity index (χ2n) is 2.60. The van der Waals surface area contributed by atoms with Gasteiger partial charge in [0, 0.05) is 12.6 Å². The third-order valence-corrected chi connectivity index (χ3v) is 1.73. The van der Waals surface area contributed by atoms with Gasteiger partial charge >= 0.3 is 0 Å². The Morgan fingerprint density at radius 3 is 2.83 bits per heavy atom. The molecule has 0 aliphatic carbocycles. The lowest BCUT2D eigenvalue weighted by atomic mass is 10.1. The van der Waals surface area contributed by atoms with E-state index < -0.39 is 0 Å². The zero-order valence-electron chi connectivity index (χ0n) is 7.91. The van der Waals surface area contributed by atoms with Crippen LogP contribution in [0.5, 0.6) is 0 Å². The van der Waals surface area contributed by atoms with Gasteiger partial charge in [-0.2, -0.15) is 5.10 Å². The number of fused-ring (bicyclic) bond motifs is 1. The van der Waals surface area contributed by atoms with Crippen molar-refractivity contribution < 1.29 is 0 Å². The quantitative estimate of drug-likeness (QED) is 0.589. The van der Waals surface area contributed by atoms with Gasteiger partial charge in [-0.05, 0) is 13.3 Å². The molecule has 3 nitrogen and oxygen atoms in total. The van der Waals surface area contributed by atoms with E-state index in [9.17, 15) is 0 Å². The van der Waals surface area contributed by atoms with Crippen molar-refractivity contribution in [3.05, 3.63) is 17.7 Å². The zero-order chi connectivity index (χ0) is 8.97. The van der Waals surface area contributed by atoms with E-state index in [4.69, 9.17) is 0 Å². The van der Waals surface area contributed by atoms with E-state index in [1.54, 1.807) is 6.33 Å². The van der Waals surface area contributed by atoms with Crippen molar-refractivity contribution in [2.24, 2.45) is 0 Å². The molecule has 2 rings (SSSR count). The van der Waals surface area contributed by atoms with Crippen LogP contribution < -0.4 is 0 Å². The molecule has 0 saturated carbocycles. The average molecular weight is 165 g/mol. The number of hydrogen-bond donors (Lipinski definition) is 0. The van der Waals surface area contributed by atoms with Crippen molar-refractivity contribution in [2.75, 3.05) is 0 Å². The summed E-state index contributed by atoms with van der Waals surface area (Å²) in [6.45, 7) is 6.12. The Bertz CT molecular complexity index is 273.